The van der Waals surface area contributed by atoms with Crippen molar-refractivity contribution in [3.8, 4) is 28.4 Å². The molecule has 4 rings (SSSR count). The monoisotopic (exact) mass is 400 g/mol. The van der Waals surface area contributed by atoms with Crippen LogP contribution in [0.1, 0.15) is 36.8 Å². The second-order valence-electron chi connectivity index (χ2n) is 6.95. The smallest absolute Gasteiger partial charge is 0.338 e. The van der Waals surface area contributed by atoms with Crippen molar-refractivity contribution in [2.45, 2.75) is 26.4 Å². The van der Waals surface area contributed by atoms with Crippen molar-refractivity contribution in [2.75, 3.05) is 6.61 Å². The fourth-order valence-corrected chi connectivity index (χ4v) is 3.57. The Hall–Kier alpha value is -2.86. The lowest BCUT2D eigenvalue weighted by atomic mass is 9.94. The van der Waals surface area contributed by atoms with Gasteiger partial charge in [0.05, 0.1) is 34.1 Å². The van der Waals surface area contributed by atoms with Gasteiger partial charge in [-0.1, -0.05) is 17.7 Å². The molecule has 0 fully saturated rings. The number of H-pyrrole nitrogens is 1. The maximum absolute atomic E-state index is 14.4. The van der Waals surface area contributed by atoms with Gasteiger partial charge in [0.25, 0.3) is 0 Å². The second kappa shape index (κ2) is 6.63. The van der Waals surface area contributed by atoms with Crippen LogP contribution in [0.5, 0.6) is 5.75 Å². The van der Waals surface area contributed by atoms with Crippen molar-refractivity contribution >= 4 is 17.6 Å². The number of nitrogens with one attached hydrogen (secondary N) is 1. The van der Waals surface area contributed by atoms with E-state index in [9.17, 15) is 9.18 Å². The van der Waals surface area contributed by atoms with Crippen molar-refractivity contribution in [1.82, 2.24) is 9.97 Å². The Balaban J connectivity index is 1.86. The predicted octanol–water partition coefficient (Wildman–Crippen LogP) is 5.34. The number of halogens is 2. The van der Waals surface area contributed by atoms with E-state index in [4.69, 9.17) is 21.1 Å². The van der Waals surface area contributed by atoms with Crippen LogP contribution in [0.2, 0.25) is 5.02 Å². The predicted molar refractivity (Wildman–Crippen MR) is 104 cm³/mol. The van der Waals surface area contributed by atoms with Gasteiger partial charge in [0.1, 0.15) is 23.0 Å². The molecule has 7 heteroatoms. The average Bonchev–Trinajstić information content (AvgIpc) is 3.07. The largest absolute Gasteiger partial charge is 0.481 e. The molecule has 0 saturated carbocycles. The number of aromatic nitrogens is 2. The zero-order chi connectivity index (χ0) is 20.1. The minimum Gasteiger partial charge on any atom is -0.481 e. The van der Waals surface area contributed by atoms with Crippen LogP contribution in [0.15, 0.2) is 36.4 Å². The van der Waals surface area contributed by atoms with Gasteiger partial charge in [-0.25, -0.2) is 14.2 Å². The van der Waals surface area contributed by atoms with Gasteiger partial charge in [-0.2, -0.15) is 0 Å². The summed E-state index contributed by atoms with van der Waals surface area (Å²) in [5, 5.41) is 0.266. The van der Waals surface area contributed by atoms with Gasteiger partial charge in [-0.05, 0) is 51.1 Å². The van der Waals surface area contributed by atoms with Gasteiger partial charge >= 0.3 is 5.97 Å². The molecule has 28 heavy (non-hydrogen) atoms. The summed E-state index contributed by atoms with van der Waals surface area (Å²) in [6, 6.07) is 9.55. The van der Waals surface area contributed by atoms with E-state index in [0.717, 1.165) is 0 Å². The second-order valence-corrected chi connectivity index (χ2v) is 7.36. The van der Waals surface area contributed by atoms with E-state index in [-0.39, 0.29) is 10.6 Å². The van der Waals surface area contributed by atoms with Crippen molar-refractivity contribution in [2.24, 2.45) is 0 Å². The lowest BCUT2D eigenvalue weighted by Gasteiger charge is -2.31. The Bertz CT molecular complexity index is 1070. The third kappa shape index (κ3) is 2.94. The zero-order valence-corrected chi connectivity index (χ0v) is 16.4. The number of fused-ring (bicyclic) bond motifs is 3. The number of hydrogen-bond donors (Lipinski definition) is 1. The van der Waals surface area contributed by atoms with Crippen molar-refractivity contribution in [1.29, 1.82) is 0 Å². The minimum absolute atomic E-state index is 0.207. The third-order valence-electron chi connectivity index (χ3n) is 4.62. The molecule has 1 aliphatic heterocycles. The topological polar surface area (TPSA) is 64.2 Å². The maximum atomic E-state index is 14.4. The molecule has 1 aliphatic rings. The van der Waals surface area contributed by atoms with Crippen LogP contribution in [0.25, 0.3) is 22.6 Å². The molecule has 0 unspecified atom stereocenters. The van der Waals surface area contributed by atoms with Crippen LogP contribution in [0.3, 0.4) is 0 Å². The highest BCUT2D eigenvalue weighted by Crippen LogP contribution is 2.45. The summed E-state index contributed by atoms with van der Waals surface area (Å²) in [5.74, 6) is -0.0404. The van der Waals surface area contributed by atoms with Crippen LogP contribution >= 0.6 is 11.6 Å². The molecule has 0 saturated heterocycles. The molecule has 0 spiro atoms. The maximum Gasteiger partial charge on any atom is 0.338 e. The quantitative estimate of drug-likeness (QED) is 0.602. The first-order chi connectivity index (χ1) is 13.3. The Morgan fingerprint density at radius 2 is 2.11 bits per heavy atom. The van der Waals surface area contributed by atoms with Crippen LogP contribution in [0, 0.1) is 5.82 Å². The van der Waals surface area contributed by atoms with Crippen LogP contribution in [0.4, 0.5) is 4.39 Å². The summed E-state index contributed by atoms with van der Waals surface area (Å²) in [4.78, 5) is 19.8. The summed E-state index contributed by atoms with van der Waals surface area (Å²) >= 11 is 6.20. The molecular weight excluding hydrogens is 383 g/mol. The van der Waals surface area contributed by atoms with Gasteiger partial charge in [0.2, 0.25) is 0 Å². The molecular formula is C21H18ClFN2O3. The summed E-state index contributed by atoms with van der Waals surface area (Å²) < 4.78 is 25.6. The fourth-order valence-electron chi connectivity index (χ4n) is 3.32. The zero-order valence-electron chi connectivity index (χ0n) is 15.6. The molecule has 0 radical (unpaired) electrons. The third-order valence-corrected chi connectivity index (χ3v) is 4.93. The molecule has 1 aromatic heterocycles. The van der Waals surface area contributed by atoms with E-state index in [1.807, 2.05) is 13.8 Å². The highest BCUT2D eigenvalue weighted by atomic mass is 35.5. The highest BCUT2D eigenvalue weighted by molar-refractivity contribution is 6.33. The van der Waals surface area contributed by atoms with Crippen molar-refractivity contribution in [3.05, 3.63) is 58.5 Å². The fraction of sp³-hybridized carbons (Fsp3) is 0.238. The summed E-state index contributed by atoms with van der Waals surface area (Å²) in [6.45, 7) is 5.79. The number of ether oxygens (including phenoxy) is 2. The van der Waals surface area contributed by atoms with E-state index in [2.05, 4.69) is 9.97 Å². The molecule has 0 bridgehead atoms. The lowest BCUT2D eigenvalue weighted by molar-refractivity contribution is 0.0523. The van der Waals surface area contributed by atoms with E-state index in [0.29, 0.717) is 40.7 Å². The van der Waals surface area contributed by atoms with E-state index in [1.165, 1.54) is 6.07 Å². The first kappa shape index (κ1) is 18.5. The Morgan fingerprint density at radius 1 is 1.32 bits per heavy atom. The molecule has 0 aliphatic carbocycles. The van der Waals surface area contributed by atoms with E-state index < -0.39 is 17.4 Å². The average molecular weight is 401 g/mol. The Kier molecular flexibility index (Phi) is 4.38. The SMILES string of the molecule is CCOC(=O)c1ccc2c(c1)OC(C)(C)c1[nH]c(-c3c(F)cccc3Cl)nc1-2. The lowest BCUT2D eigenvalue weighted by Crippen LogP contribution is -2.29. The van der Waals surface area contributed by atoms with Crippen molar-refractivity contribution in [3.63, 3.8) is 0 Å². The number of hydrogen-bond acceptors (Lipinski definition) is 4. The molecule has 0 amide bonds. The van der Waals surface area contributed by atoms with Crippen LogP contribution in [-0.4, -0.2) is 22.5 Å². The molecule has 5 nitrogen and oxygen atoms in total. The Morgan fingerprint density at radius 3 is 2.82 bits per heavy atom. The van der Waals surface area contributed by atoms with Gasteiger partial charge in [0, 0.05) is 5.56 Å². The number of nitrogens with zero attached hydrogens (tertiary/aromatic N) is 1. The van der Waals surface area contributed by atoms with Gasteiger partial charge in [-0.15, -0.1) is 0 Å². The van der Waals surface area contributed by atoms with Crippen LogP contribution in [-0.2, 0) is 10.3 Å². The number of carbonyl (C=O) groups is 1. The first-order valence-electron chi connectivity index (χ1n) is 8.87. The van der Waals surface area contributed by atoms with Crippen LogP contribution < -0.4 is 4.74 Å². The summed E-state index contributed by atoms with van der Waals surface area (Å²) in [6.07, 6.45) is 0. The molecule has 3 aromatic rings. The van der Waals surface area contributed by atoms with Gasteiger partial charge in [0.15, 0.2) is 0 Å². The number of aromatic amines is 1. The molecule has 2 heterocycles. The minimum atomic E-state index is -0.765. The summed E-state index contributed by atoms with van der Waals surface area (Å²) in [7, 11) is 0. The van der Waals surface area contributed by atoms with E-state index in [1.54, 1.807) is 37.3 Å². The first-order valence-corrected chi connectivity index (χ1v) is 9.25. The van der Waals surface area contributed by atoms with Crippen molar-refractivity contribution < 1.29 is 18.7 Å². The van der Waals surface area contributed by atoms with Gasteiger partial charge < -0.3 is 14.5 Å². The van der Waals surface area contributed by atoms with E-state index >= 15 is 0 Å². The normalized spacial score (nSPS) is 14.0. The highest BCUT2D eigenvalue weighted by Gasteiger charge is 2.37. The molecule has 2 aromatic carbocycles. The Labute approximate surface area is 166 Å². The number of carbonyl (C=O) groups excluding carboxylic acids is 1. The standard InChI is InChI=1S/C21H18ClFN2O3/c1-4-27-20(26)11-8-9-12-15(10-11)28-21(2,3)18-17(12)24-19(25-18)16-13(22)6-5-7-14(16)23/h5-10H,4H2,1-3H3,(H,24,25). The number of imidazole rings is 1. The molecule has 144 valence electrons. The molecule has 1 N–H and O–H groups in total. The molecule has 0 atom stereocenters. The number of rotatable bonds is 3. The summed E-state index contributed by atoms with van der Waals surface area (Å²) in [5.41, 5.74) is 1.89. The van der Waals surface area contributed by atoms with Gasteiger partial charge in [-0.3, -0.25) is 0 Å². The number of benzene rings is 2. The number of esters is 1.